The Bertz CT molecular complexity index is 981. The number of nitrogens with two attached hydrogens (primary N) is 2. The monoisotopic (exact) mass is 373 g/mol. The van der Waals surface area contributed by atoms with Gasteiger partial charge in [0.2, 0.25) is 0 Å². The number of benzene rings is 2. The molecular weight excluding hydrogens is 350 g/mol. The predicted octanol–water partition coefficient (Wildman–Crippen LogP) is 4.30. The Hall–Kier alpha value is -3.51. The van der Waals surface area contributed by atoms with Gasteiger partial charge >= 0.3 is 0 Å². The van der Waals surface area contributed by atoms with Crippen molar-refractivity contribution in [2.24, 2.45) is 16.6 Å². The minimum atomic E-state index is -0.458. The molecule has 0 bridgehead atoms. The lowest BCUT2D eigenvalue weighted by Gasteiger charge is -2.14. The number of nitrogens with one attached hydrogen (secondary N) is 1. The Kier molecular flexibility index (Phi) is 6.14. The van der Waals surface area contributed by atoms with E-state index in [1.807, 2.05) is 36.4 Å². The zero-order valence-electron chi connectivity index (χ0n) is 15.7. The lowest BCUT2D eigenvalue weighted by atomic mass is 10.0. The molecule has 1 aromatic heterocycles. The molecule has 28 heavy (non-hydrogen) atoms. The first-order chi connectivity index (χ1) is 13.5. The number of pyridine rings is 1. The van der Waals surface area contributed by atoms with Gasteiger partial charge in [0, 0.05) is 11.3 Å². The summed E-state index contributed by atoms with van der Waals surface area (Å²) in [5.74, 6) is 0.637. The molecule has 1 heterocycles. The molecule has 142 valence electrons. The first kappa shape index (κ1) is 19.3. The van der Waals surface area contributed by atoms with Gasteiger partial charge in [-0.3, -0.25) is 0 Å². The first-order valence-corrected chi connectivity index (χ1v) is 8.98. The molecule has 0 saturated heterocycles. The summed E-state index contributed by atoms with van der Waals surface area (Å²) in [4.78, 5) is 15.6. The van der Waals surface area contributed by atoms with E-state index >= 15 is 0 Å². The van der Waals surface area contributed by atoms with Crippen LogP contribution in [0.4, 0.5) is 11.5 Å². The van der Waals surface area contributed by atoms with Gasteiger partial charge in [-0.05, 0) is 60.0 Å². The summed E-state index contributed by atoms with van der Waals surface area (Å²) in [6.07, 6.45) is 2.01. The van der Waals surface area contributed by atoms with Gasteiger partial charge in [-0.15, -0.1) is 4.91 Å². The summed E-state index contributed by atoms with van der Waals surface area (Å²) in [5, 5.41) is 6.18. The maximum atomic E-state index is 10.9. The fourth-order valence-electron chi connectivity index (χ4n) is 2.96. The number of nitroso groups, excluding NO2 is 1. The number of hydrogen-bond acceptors (Lipinski definition) is 6. The number of rotatable bonds is 7. The molecule has 3 aromatic rings. The fraction of sp³-hybridized carbons (Fsp3) is 0.136. The molecule has 0 saturated carbocycles. The van der Waals surface area contributed by atoms with Gasteiger partial charge in [0.1, 0.15) is 11.5 Å². The van der Waals surface area contributed by atoms with Gasteiger partial charge in [0.15, 0.2) is 0 Å². The highest BCUT2D eigenvalue weighted by atomic mass is 16.3. The zero-order valence-corrected chi connectivity index (χ0v) is 15.7. The van der Waals surface area contributed by atoms with Gasteiger partial charge in [-0.1, -0.05) is 42.5 Å². The molecule has 0 radical (unpaired) electrons. The molecular formula is C22H23N5O. The van der Waals surface area contributed by atoms with Crippen LogP contribution < -0.4 is 16.8 Å². The molecule has 0 aliphatic heterocycles. The van der Waals surface area contributed by atoms with E-state index in [9.17, 15) is 4.91 Å². The molecule has 2 aromatic carbocycles. The summed E-state index contributed by atoms with van der Waals surface area (Å²) in [5.41, 5.74) is 16.6. The van der Waals surface area contributed by atoms with Crippen LogP contribution in [-0.4, -0.2) is 11.1 Å². The van der Waals surface area contributed by atoms with Crippen LogP contribution in [0, 0.1) is 4.91 Å². The van der Waals surface area contributed by atoms with Crippen molar-refractivity contribution in [2.75, 3.05) is 5.32 Å². The van der Waals surface area contributed by atoms with Crippen LogP contribution in [0.5, 0.6) is 0 Å². The topological polar surface area (TPSA) is 106 Å². The van der Waals surface area contributed by atoms with Gasteiger partial charge in [0.05, 0.1) is 11.9 Å². The van der Waals surface area contributed by atoms with Crippen LogP contribution in [-0.2, 0) is 6.42 Å². The van der Waals surface area contributed by atoms with E-state index in [1.54, 1.807) is 31.2 Å². The highest BCUT2D eigenvalue weighted by Crippen LogP contribution is 2.26. The Balaban J connectivity index is 1.99. The third kappa shape index (κ3) is 5.25. The largest absolute Gasteiger partial charge is 0.402 e. The summed E-state index contributed by atoms with van der Waals surface area (Å²) >= 11 is 0. The Morgan fingerprint density at radius 1 is 1.11 bits per heavy atom. The van der Waals surface area contributed by atoms with E-state index in [0.29, 0.717) is 17.2 Å². The minimum Gasteiger partial charge on any atom is -0.402 e. The molecule has 0 aliphatic carbocycles. The van der Waals surface area contributed by atoms with E-state index in [1.165, 1.54) is 5.56 Å². The van der Waals surface area contributed by atoms with Crippen molar-refractivity contribution in [2.45, 2.75) is 19.5 Å². The highest BCUT2D eigenvalue weighted by Gasteiger charge is 2.09. The van der Waals surface area contributed by atoms with E-state index in [2.05, 4.69) is 27.6 Å². The smallest absolute Gasteiger partial charge is 0.128 e. The Morgan fingerprint density at radius 3 is 2.61 bits per heavy atom. The predicted molar refractivity (Wildman–Crippen MR) is 114 cm³/mol. The fourth-order valence-corrected chi connectivity index (χ4v) is 2.96. The molecule has 6 nitrogen and oxygen atoms in total. The first-order valence-electron chi connectivity index (χ1n) is 8.98. The van der Waals surface area contributed by atoms with E-state index in [-0.39, 0.29) is 0 Å². The Morgan fingerprint density at radius 2 is 1.89 bits per heavy atom. The summed E-state index contributed by atoms with van der Waals surface area (Å²) in [6.45, 7) is 1.78. The summed E-state index contributed by atoms with van der Waals surface area (Å²) < 4.78 is 0. The van der Waals surface area contributed by atoms with Crippen LogP contribution in [0.2, 0.25) is 0 Å². The summed E-state index contributed by atoms with van der Waals surface area (Å²) in [7, 11) is 0. The quantitative estimate of drug-likeness (QED) is 0.423. The van der Waals surface area contributed by atoms with Crippen LogP contribution in [0.25, 0.3) is 11.3 Å². The van der Waals surface area contributed by atoms with E-state index < -0.39 is 6.17 Å². The SMILES string of the molecule is C/C(N)=C/C(N)Nc1cc(Cc2ccccc2)cc(-c2cccc(N=O)c2)n1. The standard InChI is InChI=1S/C22H23N5O/c1-15(23)10-21(24)26-22-13-17(11-16-6-3-2-4-7-16)12-20(25-22)18-8-5-9-19(14-18)27-28/h2-10,12-14,21H,11,23-24H2,1H3,(H,25,26)/b15-10-. The molecule has 0 fully saturated rings. The minimum absolute atomic E-state index is 0.362. The van der Waals surface area contributed by atoms with Crippen molar-refractivity contribution in [1.82, 2.24) is 4.98 Å². The zero-order chi connectivity index (χ0) is 19.9. The second-order valence-corrected chi connectivity index (χ2v) is 6.63. The average molecular weight is 373 g/mol. The van der Waals surface area contributed by atoms with Gasteiger partial charge in [0.25, 0.3) is 0 Å². The number of aromatic nitrogens is 1. The molecule has 5 N–H and O–H groups in total. The molecule has 1 atom stereocenters. The Labute approximate surface area is 164 Å². The molecule has 3 rings (SSSR count). The van der Waals surface area contributed by atoms with E-state index in [0.717, 1.165) is 23.2 Å². The maximum absolute atomic E-state index is 10.9. The van der Waals surface area contributed by atoms with Crippen molar-refractivity contribution in [3.63, 3.8) is 0 Å². The maximum Gasteiger partial charge on any atom is 0.128 e. The molecule has 0 spiro atoms. The third-order valence-electron chi connectivity index (χ3n) is 4.14. The lowest BCUT2D eigenvalue weighted by Crippen LogP contribution is -2.28. The molecule has 0 amide bonds. The van der Waals surface area contributed by atoms with Gasteiger partial charge in [-0.25, -0.2) is 4.98 Å². The molecule has 0 aliphatic rings. The lowest BCUT2D eigenvalue weighted by molar-refractivity contribution is 0.914. The van der Waals surface area contributed by atoms with Crippen LogP contribution in [0.3, 0.4) is 0 Å². The average Bonchev–Trinajstić information content (AvgIpc) is 2.68. The third-order valence-corrected chi connectivity index (χ3v) is 4.14. The van der Waals surface area contributed by atoms with Crippen molar-refractivity contribution >= 4 is 11.5 Å². The number of nitrogens with zero attached hydrogens (tertiary/aromatic N) is 2. The van der Waals surface area contributed by atoms with Crippen molar-refractivity contribution in [1.29, 1.82) is 0 Å². The number of hydrogen-bond donors (Lipinski definition) is 3. The van der Waals surface area contributed by atoms with Crippen LogP contribution in [0.1, 0.15) is 18.1 Å². The number of allylic oxidation sites excluding steroid dienone is 1. The second kappa shape index (κ2) is 8.92. The second-order valence-electron chi connectivity index (χ2n) is 6.63. The normalized spacial score (nSPS) is 12.4. The number of anilines is 1. The van der Waals surface area contributed by atoms with Crippen LogP contribution >= 0.6 is 0 Å². The highest BCUT2D eigenvalue weighted by molar-refractivity contribution is 5.66. The van der Waals surface area contributed by atoms with E-state index in [4.69, 9.17) is 11.5 Å². The van der Waals surface area contributed by atoms with Gasteiger partial charge < -0.3 is 16.8 Å². The van der Waals surface area contributed by atoms with Crippen LogP contribution in [0.15, 0.2) is 83.7 Å². The van der Waals surface area contributed by atoms with Gasteiger partial charge in [-0.2, -0.15) is 0 Å². The molecule has 6 heteroatoms. The summed E-state index contributed by atoms with van der Waals surface area (Å²) in [6, 6.07) is 21.2. The molecule has 1 unspecified atom stereocenters. The van der Waals surface area contributed by atoms with Crippen molar-refractivity contribution in [3.05, 3.63) is 94.5 Å². The van der Waals surface area contributed by atoms with Crippen molar-refractivity contribution < 1.29 is 0 Å². The van der Waals surface area contributed by atoms with Crippen molar-refractivity contribution in [3.8, 4) is 11.3 Å².